The molecule has 33 heavy (non-hydrogen) atoms. The van der Waals surface area contributed by atoms with Crippen molar-refractivity contribution in [3.05, 3.63) is 84.2 Å². The normalized spacial score (nSPS) is 12.9. The van der Waals surface area contributed by atoms with E-state index in [1.165, 1.54) is 58.7 Å². The third-order valence-electron chi connectivity index (χ3n) is 7.38. The zero-order valence-corrected chi connectivity index (χ0v) is 21.5. The number of fused-ring (bicyclic) bond motifs is 3. The zero-order chi connectivity index (χ0) is 22.9. The summed E-state index contributed by atoms with van der Waals surface area (Å²) >= 11 is 1.93. The van der Waals surface area contributed by atoms with E-state index in [1.807, 2.05) is 18.1 Å². The van der Waals surface area contributed by atoms with Gasteiger partial charge in [0.25, 0.3) is 6.33 Å². The van der Waals surface area contributed by atoms with Crippen LogP contribution in [0.4, 0.5) is 0 Å². The van der Waals surface area contributed by atoms with Crippen molar-refractivity contribution in [2.45, 2.75) is 36.7 Å². The summed E-state index contributed by atoms with van der Waals surface area (Å²) in [4.78, 5) is 7.63. The lowest BCUT2D eigenvalue weighted by Crippen LogP contribution is -2.53. The maximum Gasteiger partial charge on any atom is 0.287 e. The number of aryl methyl sites for hydroxylation is 3. The highest BCUT2D eigenvalue weighted by molar-refractivity contribution is 8.00. The van der Waals surface area contributed by atoms with Crippen LogP contribution in [0.3, 0.4) is 0 Å². The first kappa shape index (κ1) is 20.6. The molecule has 2 nitrogen and oxygen atoms in total. The van der Waals surface area contributed by atoms with Crippen molar-refractivity contribution in [2.24, 2.45) is 7.05 Å². The Morgan fingerprint density at radius 1 is 0.818 bits per heavy atom. The second kappa shape index (κ2) is 7.27. The zero-order valence-electron chi connectivity index (χ0n) is 19.7. The standard InChI is InChI=1S/C29H27N2SSi/c1-18-22-13-9-10-14-23(22)19(2)29-26(18)28-27-24(30-17-31(28)3)15-21(16-25(27)32-29)33(4,5)20-11-7-6-8-12-20/h6-17H,1-5H3/q+1. The van der Waals surface area contributed by atoms with Gasteiger partial charge < -0.3 is 0 Å². The molecule has 162 valence electrons. The molecular formula is C29H27N2SSi+. The van der Waals surface area contributed by atoms with E-state index in [2.05, 4.69) is 105 Å². The number of nitrogens with zero attached hydrogens (tertiary/aromatic N) is 2. The second-order valence-electron chi connectivity index (χ2n) is 9.67. The van der Waals surface area contributed by atoms with Crippen LogP contribution in [-0.2, 0) is 7.05 Å². The Morgan fingerprint density at radius 3 is 2.21 bits per heavy atom. The molecule has 0 unspecified atom stereocenters. The van der Waals surface area contributed by atoms with E-state index in [0.717, 1.165) is 5.52 Å². The fourth-order valence-electron chi connectivity index (χ4n) is 5.36. The van der Waals surface area contributed by atoms with Crippen molar-refractivity contribution in [2.75, 3.05) is 0 Å². The van der Waals surface area contributed by atoms with E-state index in [1.54, 1.807) is 0 Å². The Kier molecular flexibility index (Phi) is 4.55. The Labute approximate surface area is 200 Å². The Bertz CT molecular complexity index is 1590. The molecule has 6 rings (SSSR count). The SMILES string of the molecule is Cc1c2c(c(C)c3ccccc13)-c1c3c(cc([Si](C)(C)c4ccccc4)cc3nc[n+]1C)S2. The number of benzene rings is 4. The fourth-order valence-corrected chi connectivity index (χ4v) is 9.15. The van der Waals surface area contributed by atoms with E-state index >= 15 is 0 Å². The molecule has 2 heterocycles. The van der Waals surface area contributed by atoms with Gasteiger partial charge in [-0.25, -0.2) is 4.57 Å². The van der Waals surface area contributed by atoms with Gasteiger partial charge in [0.05, 0.1) is 12.4 Å². The Hall–Kier alpha value is -2.95. The minimum atomic E-state index is -1.85. The molecule has 0 bridgehead atoms. The summed E-state index contributed by atoms with van der Waals surface area (Å²) < 4.78 is 2.21. The summed E-state index contributed by atoms with van der Waals surface area (Å²) in [5.41, 5.74) is 6.49. The molecule has 0 radical (unpaired) electrons. The maximum atomic E-state index is 4.91. The van der Waals surface area contributed by atoms with Crippen LogP contribution < -0.4 is 14.9 Å². The molecule has 0 atom stereocenters. The summed E-state index contributed by atoms with van der Waals surface area (Å²) in [5, 5.41) is 6.88. The summed E-state index contributed by atoms with van der Waals surface area (Å²) in [6, 6.07) is 24.6. The maximum absolute atomic E-state index is 4.91. The van der Waals surface area contributed by atoms with E-state index in [0.29, 0.717) is 0 Å². The van der Waals surface area contributed by atoms with Crippen LogP contribution in [0.2, 0.25) is 13.1 Å². The Morgan fingerprint density at radius 2 is 1.48 bits per heavy atom. The van der Waals surface area contributed by atoms with Gasteiger partial charge in [-0.3, -0.25) is 0 Å². The van der Waals surface area contributed by atoms with Crippen molar-refractivity contribution in [3.8, 4) is 11.3 Å². The number of rotatable bonds is 2. The van der Waals surface area contributed by atoms with Crippen molar-refractivity contribution < 1.29 is 4.57 Å². The lowest BCUT2D eigenvalue weighted by Gasteiger charge is -2.27. The van der Waals surface area contributed by atoms with Crippen LogP contribution >= 0.6 is 11.8 Å². The molecule has 1 aliphatic heterocycles. The molecule has 0 amide bonds. The molecule has 4 aromatic carbocycles. The Balaban J connectivity index is 1.69. The van der Waals surface area contributed by atoms with Crippen molar-refractivity contribution in [3.63, 3.8) is 0 Å². The van der Waals surface area contributed by atoms with Gasteiger partial charge in [-0.1, -0.05) is 84.6 Å². The van der Waals surface area contributed by atoms with Crippen LogP contribution in [-0.4, -0.2) is 13.1 Å². The molecular weight excluding hydrogens is 436 g/mol. The van der Waals surface area contributed by atoms with Gasteiger partial charge in [0.1, 0.15) is 13.8 Å². The highest BCUT2D eigenvalue weighted by Crippen LogP contribution is 2.50. The topological polar surface area (TPSA) is 16.8 Å². The first-order valence-corrected chi connectivity index (χ1v) is 15.3. The van der Waals surface area contributed by atoms with Crippen molar-refractivity contribution in [1.82, 2.24) is 4.98 Å². The number of aromatic nitrogens is 2. The molecule has 0 aliphatic carbocycles. The average Bonchev–Trinajstić information content (AvgIpc) is 2.84. The monoisotopic (exact) mass is 463 g/mol. The number of hydrogen-bond donors (Lipinski definition) is 0. The van der Waals surface area contributed by atoms with Gasteiger partial charge in [0.2, 0.25) is 0 Å². The smallest absolute Gasteiger partial charge is 0.232 e. The lowest BCUT2D eigenvalue weighted by atomic mass is 9.92. The predicted octanol–water partition coefficient (Wildman–Crippen LogP) is 5.78. The van der Waals surface area contributed by atoms with E-state index in [9.17, 15) is 0 Å². The van der Waals surface area contributed by atoms with Crippen LogP contribution in [0.15, 0.2) is 82.8 Å². The van der Waals surface area contributed by atoms with E-state index < -0.39 is 8.07 Å². The first-order valence-electron chi connectivity index (χ1n) is 11.5. The van der Waals surface area contributed by atoms with E-state index in [4.69, 9.17) is 4.98 Å². The lowest BCUT2D eigenvalue weighted by molar-refractivity contribution is -0.662. The molecule has 5 aromatic rings. The van der Waals surface area contributed by atoms with Gasteiger partial charge in [-0.15, -0.1) is 0 Å². The van der Waals surface area contributed by atoms with Crippen molar-refractivity contribution >= 4 is 51.9 Å². The van der Waals surface area contributed by atoms with Crippen LogP contribution in [0, 0.1) is 13.8 Å². The summed E-state index contributed by atoms with van der Waals surface area (Å²) in [7, 11) is 0.284. The van der Waals surface area contributed by atoms with E-state index in [-0.39, 0.29) is 0 Å². The predicted molar refractivity (Wildman–Crippen MR) is 143 cm³/mol. The van der Waals surface area contributed by atoms with Gasteiger partial charge in [0, 0.05) is 15.4 Å². The molecule has 0 fully saturated rings. The van der Waals surface area contributed by atoms with Crippen LogP contribution in [0.1, 0.15) is 11.1 Å². The summed E-state index contributed by atoms with van der Waals surface area (Å²) in [6.07, 6.45) is 1.99. The third kappa shape index (κ3) is 2.94. The van der Waals surface area contributed by atoms with Crippen molar-refractivity contribution in [1.29, 1.82) is 0 Å². The number of hydrogen-bond acceptors (Lipinski definition) is 2. The van der Waals surface area contributed by atoms with Crippen LogP contribution in [0.25, 0.3) is 32.9 Å². The molecule has 1 aromatic heterocycles. The summed E-state index contributed by atoms with van der Waals surface area (Å²) in [6.45, 7) is 9.45. The minimum Gasteiger partial charge on any atom is -0.232 e. The van der Waals surface area contributed by atoms with Crippen LogP contribution in [0.5, 0.6) is 0 Å². The highest BCUT2D eigenvalue weighted by atomic mass is 32.2. The average molecular weight is 464 g/mol. The van der Waals surface area contributed by atoms with Gasteiger partial charge >= 0.3 is 0 Å². The molecule has 0 saturated heterocycles. The molecule has 0 N–H and O–H groups in total. The van der Waals surface area contributed by atoms with Gasteiger partial charge in [0.15, 0.2) is 5.52 Å². The molecule has 0 spiro atoms. The summed E-state index contributed by atoms with van der Waals surface area (Å²) in [5.74, 6) is 0. The molecule has 4 heteroatoms. The quantitative estimate of drug-likeness (QED) is 0.239. The largest absolute Gasteiger partial charge is 0.287 e. The molecule has 0 saturated carbocycles. The first-order chi connectivity index (χ1) is 15.9. The van der Waals surface area contributed by atoms with Gasteiger partial charge in [-0.2, -0.15) is 0 Å². The molecule has 1 aliphatic rings. The highest BCUT2D eigenvalue weighted by Gasteiger charge is 2.33. The third-order valence-corrected chi connectivity index (χ3v) is 12.1. The second-order valence-corrected chi connectivity index (χ2v) is 15.1. The minimum absolute atomic E-state index is 1.11. The van der Waals surface area contributed by atoms with Gasteiger partial charge in [-0.05, 0) is 58.1 Å². The fraction of sp³-hybridized carbons (Fsp3) is 0.172.